The summed E-state index contributed by atoms with van der Waals surface area (Å²) in [6, 6.07) is 12.8. The Hall–Kier alpha value is -3.22. The third-order valence-corrected chi connectivity index (χ3v) is 4.75. The van der Waals surface area contributed by atoms with Crippen LogP contribution < -0.4 is 10.3 Å². The molecule has 2 aromatic heterocycles. The molecule has 3 aromatic rings. The third kappa shape index (κ3) is 3.81. The van der Waals surface area contributed by atoms with Crippen molar-refractivity contribution in [2.24, 2.45) is 0 Å². The number of hydrogen-bond donors (Lipinski definition) is 0. The lowest BCUT2D eigenvalue weighted by Gasteiger charge is -2.32. The number of benzene rings is 1. The Morgan fingerprint density at radius 2 is 1.85 bits per heavy atom. The van der Waals surface area contributed by atoms with E-state index >= 15 is 0 Å². The number of nitrogens with zero attached hydrogens (tertiary/aromatic N) is 4. The van der Waals surface area contributed by atoms with E-state index in [9.17, 15) is 9.59 Å². The summed E-state index contributed by atoms with van der Waals surface area (Å²) in [6.07, 6.45) is 4.79. The topological polar surface area (TPSA) is 77.3 Å². The van der Waals surface area contributed by atoms with E-state index in [2.05, 4.69) is 10.1 Å². The van der Waals surface area contributed by atoms with Crippen LogP contribution in [0.4, 0.5) is 0 Å². The lowest BCUT2D eigenvalue weighted by molar-refractivity contribution is -0.133. The number of amides is 1. The van der Waals surface area contributed by atoms with Crippen molar-refractivity contribution in [3.8, 4) is 5.75 Å². The predicted octanol–water partition coefficient (Wildman–Crippen LogP) is 1.86. The van der Waals surface area contributed by atoms with Crippen LogP contribution in [0.1, 0.15) is 12.8 Å². The molecule has 0 saturated carbocycles. The van der Waals surface area contributed by atoms with Crippen molar-refractivity contribution < 1.29 is 9.53 Å². The molecule has 0 aliphatic carbocycles. The average molecular weight is 364 g/mol. The van der Waals surface area contributed by atoms with Gasteiger partial charge in [0.15, 0.2) is 0 Å². The highest BCUT2D eigenvalue weighted by molar-refractivity contribution is 5.84. The highest BCUT2D eigenvalue weighted by Crippen LogP contribution is 2.26. The molecule has 0 N–H and O–H groups in total. The molecule has 0 radical (unpaired) electrons. The fourth-order valence-electron chi connectivity index (χ4n) is 3.31. The molecule has 7 nitrogen and oxygen atoms in total. The molecule has 1 aliphatic rings. The van der Waals surface area contributed by atoms with E-state index in [1.165, 1.54) is 16.9 Å². The van der Waals surface area contributed by atoms with Gasteiger partial charge >= 0.3 is 0 Å². The van der Waals surface area contributed by atoms with Crippen LogP contribution in [0, 0.1) is 0 Å². The van der Waals surface area contributed by atoms with Gasteiger partial charge in [-0.1, -0.05) is 18.2 Å². The highest BCUT2D eigenvalue weighted by Gasteiger charge is 2.24. The third-order valence-electron chi connectivity index (χ3n) is 4.75. The monoisotopic (exact) mass is 364 g/mol. The molecule has 1 fully saturated rings. The zero-order valence-electron chi connectivity index (χ0n) is 14.8. The SMILES string of the molecule is O=C(Cn1ncccc1=O)N1CCC(Oc2cccc3cccnc23)CC1. The van der Waals surface area contributed by atoms with Gasteiger partial charge in [-0.3, -0.25) is 14.6 Å². The molecule has 7 heteroatoms. The van der Waals surface area contributed by atoms with Crippen molar-refractivity contribution in [3.05, 3.63) is 65.2 Å². The standard InChI is InChI=1S/C20H20N4O3/c25-18-7-3-11-22-24(18)14-19(26)23-12-8-16(9-13-23)27-17-6-1-4-15-5-2-10-21-20(15)17/h1-7,10-11,16H,8-9,12-14H2. The van der Waals surface area contributed by atoms with Crippen molar-refractivity contribution >= 4 is 16.8 Å². The smallest absolute Gasteiger partial charge is 0.267 e. The van der Waals surface area contributed by atoms with Crippen LogP contribution in [0.5, 0.6) is 5.75 Å². The largest absolute Gasteiger partial charge is 0.488 e. The first-order valence-corrected chi connectivity index (χ1v) is 9.01. The summed E-state index contributed by atoms with van der Waals surface area (Å²) in [5.41, 5.74) is 0.584. The van der Waals surface area contributed by atoms with Crippen molar-refractivity contribution in [3.63, 3.8) is 0 Å². The molecular weight excluding hydrogens is 344 g/mol. The molecule has 1 aliphatic heterocycles. The maximum atomic E-state index is 12.4. The lowest BCUT2D eigenvalue weighted by atomic mass is 10.1. The van der Waals surface area contributed by atoms with Crippen LogP contribution in [0.25, 0.3) is 10.9 Å². The first-order valence-electron chi connectivity index (χ1n) is 9.01. The molecule has 138 valence electrons. The Kier molecular flexibility index (Phi) is 4.82. The Bertz CT molecular complexity index is 1000. The van der Waals surface area contributed by atoms with E-state index in [1.54, 1.807) is 17.2 Å². The minimum Gasteiger partial charge on any atom is -0.488 e. The number of para-hydroxylation sites is 1. The van der Waals surface area contributed by atoms with Crippen LogP contribution in [-0.4, -0.2) is 44.8 Å². The Labute approximate surface area is 156 Å². The fraction of sp³-hybridized carbons (Fsp3) is 0.300. The first kappa shape index (κ1) is 17.2. The number of carbonyl (C=O) groups is 1. The predicted molar refractivity (Wildman–Crippen MR) is 100 cm³/mol. The highest BCUT2D eigenvalue weighted by atomic mass is 16.5. The number of hydrogen-bond acceptors (Lipinski definition) is 5. The van der Waals surface area contributed by atoms with Crippen LogP contribution in [0.2, 0.25) is 0 Å². The lowest BCUT2D eigenvalue weighted by Crippen LogP contribution is -2.44. The van der Waals surface area contributed by atoms with Gasteiger partial charge in [0.2, 0.25) is 5.91 Å². The van der Waals surface area contributed by atoms with E-state index in [0.29, 0.717) is 13.1 Å². The minimum atomic E-state index is -0.271. The van der Waals surface area contributed by atoms with Gasteiger partial charge in [-0.05, 0) is 18.2 Å². The summed E-state index contributed by atoms with van der Waals surface area (Å²) in [6.45, 7) is 1.17. The van der Waals surface area contributed by atoms with E-state index < -0.39 is 0 Å². The summed E-state index contributed by atoms with van der Waals surface area (Å²) in [4.78, 5) is 30.3. The van der Waals surface area contributed by atoms with Gasteiger partial charge in [0.05, 0.1) is 0 Å². The molecule has 0 bridgehead atoms. The number of likely N-dealkylation sites (tertiary alicyclic amines) is 1. The quantitative estimate of drug-likeness (QED) is 0.706. The molecule has 1 aromatic carbocycles. The van der Waals surface area contributed by atoms with Gasteiger partial charge in [0, 0.05) is 49.8 Å². The number of aromatic nitrogens is 3. The number of fused-ring (bicyclic) bond motifs is 1. The average Bonchev–Trinajstić information content (AvgIpc) is 2.70. The summed E-state index contributed by atoms with van der Waals surface area (Å²) < 4.78 is 7.35. The van der Waals surface area contributed by atoms with Gasteiger partial charge in [-0.2, -0.15) is 5.10 Å². The number of ether oxygens (including phenoxy) is 1. The molecule has 0 unspecified atom stereocenters. The second-order valence-electron chi connectivity index (χ2n) is 6.55. The fourth-order valence-corrected chi connectivity index (χ4v) is 3.31. The van der Waals surface area contributed by atoms with Crippen LogP contribution in [-0.2, 0) is 11.3 Å². The second-order valence-corrected chi connectivity index (χ2v) is 6.55. The first-order chi connectivity index (χ1) is 13.2. The normalized spacial score (nSPS) is 15.0. The van der Waals surface area contributed by atoms with E-state index in [-0.39, 0.29) is 24.1 Å². The molecule has 1 amide bonds. The summed E-state index contributed by atoms with van der Waals surface area (Å²) >= 11 is 0. The zero-order valence-corrected chi connectivity index (χ0v) is 14.8. The summed E-state index contributed by atoms with van der Waals surface area (Å²) in [5, 5.41) is 4.98. The summed E-state index contributed by atoms with van der Waals surface area (Å²) in [7, 11) is 0. The van der Waals surface area contributed by atoms with Gasteiger partial charge in [-0.25, -0.2) is 4.68 Å². The number of carbonyl (C=O) groups excluding carboxylic acids is 1. The van der Waals surface area contributed by atoms with E-state index in [0.717, 1.165) is 29.5 Å². The minimum absolute atomic E-state index is 0.0293. The maximum absolute atomic E-state index is 12.4. The Balaban J connectivity index is 1.37. The number of piperidine rings is 1. The van der Waals surface area contributed by atoms with Gasteiger partial charge in [-0.15, -0.1) is 0 Å². The molecule has 0 atom stereocenters. The molecule has 27 heavy (non-hydrogen) atoms. The van der Waals surface area contributed by atoms with Crippen LogP contribution in [0.15, 0.2) is 59.7 Å². The molecule has 4 rings (SSSR count). The van der Waals surface area contributed by atoms with Gasteiger partial charge in [0.25, 0.3) is 5.56 Å². The van der Waals surface area contributed by atoms with E-state index in [1.807, 2.05) is 30.3 Å². The molecule has 1 saturated heterocycles. The Morgan fingerprint density at radius 3 is 2.67 bits per heavy atom. The van der Waals surface area contributed by atoms with Crippen molar-refractivity contribution in [2.75, 3.05) is 13.1 Å². The van der Waals surface area contributed by atoms with Gasteiger partial charge < -0.3 is 9.64 Å². The van der Waals surface area contributed by atoms with E-state index in [4.69, 9.17) is 4.74 Å². The van der Waals surface area contributed by atoms with Crippen LogP contribution >= 0.6 is 0 Å². The maximum Gasteiger partial charge on any atom is 0.267 e. The van der Waals surface area contributed by atoms with Gasteiger partial charge in [0.1, 0.15) is 23.9 Å². The molecule has 3 heterocycles. The van der Waals surface area contributed by atoms with Crippen LogP contribution in [0.3, 0.4) is 0 Å². The molecular formula is C20H20N4O3. The number of rotatable bonds is 4. The van der Waals surface area contributed by atoms with Crippen molar-refractivity contribution in [1.82, 2.24) is 19.7 Å². The zero-order chi connectivity index (χ0) is 18.6. The summed E-state index contributed by atoms with van der Waals surface area (Å²) in [5.74, 6) is 0.680. The molecule has 0 spiro atoms. The number of pyridine rings is 1. The van der Waals surface area contributed by atoms with Crippen molar-refractivity contribution in [2.45, 2.75) is 25.5 Å². The Morgan fingerprint density at radius 1 is 1.07 bits per heavy atom. The van der Waals surface area contributed by atoms with Crippen molar-refractivity contribution in [1.29, 1.82) is 0 Å². The second kappa shape index (κ2) is 7.57.